The molecule has 0 bridgehead atoms. The molecular formula is C15H15ClFN. The highest BCUT2D eigenvalue weighted by molar-refractivity contribution is 6.31. The third kappa shape index (κ3) is 2.82. The van der Waals surface area contributed by atoms with Gasteiger partial charge in [-0.15, -0.1) is 0 Å². The van der Waals surface area contributed by atoms with Crippen LogP contribution in [0.25, 0.3) is 0 Å². The van der Waals surface area contributed by atoms with E-state index in [2.05, 4.69) is 5.32 Å². The molecule has 94 valence electrons. The molecule has 2 aromatic rings. The minimum atomic E-state index is -0.198. The van der Waals surface area contributed by atoms with Gasteiger partial charge in [-0.05, 0) is 42.7 Å². The maximum Gasteiger partial charge on any atom is 0.149 e. The van der Waals surface area contributed by atoms with E-state index in [1.54, 1.807) is 19.1 Å². The zero-order valence-corrected chi connectivity index (χ0v) is 11.2. The Kier molecular flexibility index (Phi) is 3.87. The van der Waals surface area contributed by atoms with Crippen LogP contribution in [0.4, 0.5) is 10.1 Å². The molecule has 18 heavy (non-hydrogen) atoms. The number of benzene rings is 2. The van der Waals surface area contributed by atoms with Gasteiger partial charge in [0.2, 0.25) is 0 Å². The van der Waals surface area contributed by atoms with Gasteiger partial charge in [-0.25, -0.2) is 4.39 Å². The number of nitrogens with one attached hydrogen (secondary N) is 1. The van der Waals surface area contributed by atoms with Crippen molar-refractivity contribution >= 4 is 17.3 Å². The quantitative estimate of drug-likeness (QED) is 0.846. The molecule has 0 radical (unpaired) electrons. The summed E-state index contributed by atoms with van der Waals surface area (Å²) < 4.78 is 13.8. The van der Waals surface area contributed by atoms with Crippen molar-refractivity contribution in [3.05, 3.63) is 63.9 Å². The smallest absolute Gasteiger partial charge is 0.149 e. The molecule has 0 aliphatic heterocycles. The van der Waals surface area contributed by atoms with E-state index in [9.17, 15) is 4.39 Å². The molecule has 1 nitrogen and oxygen atoms in total. The number of hydrogen-bond acceptors (Lipinski definition) is 1. The fourth-order valence-electron chi connectivity index (χ4n) is 1.73. The Morgan fingerprint density at radius 2 is 1.89 bits per heavy atom. The summed E-state index contributed by atoms with van der Waals surface area (Å²) in [5, 5.41) is 3.82. The lowest BCUT2D eigenvalue weighted by molar-refractivity contribution is 0.621. The molecule has 0 aliphatic carbocycles. The van der Waals surface area contributed by atoms with Crippen molar-refractivity contribution < 1.29 is 4.39 Å². The first kappa shape index (κ1) is 12.9. The van der Waals surface area contributed by atoms with Crippen molar-refractivity contribution in [2.24, 2.45) is 0 Å². The molecular weight excluding hydrogens is 249 g/mol. The molecule has 0 atom stereocenters. The van der Waals surface area contributed by atoms with Crippen LogP contribution in [0, 0.1) is 19.7 Å². The predicted molar refractivity (Wildman–Crippen MR) is 74.7 cm³/mol. The van der Waals surface area contributed by atoms with Gasteiger partial charge >= 0.3 is 0 Å². The molecule has 0 fully saturated rings. The highest BCUT2D eigenvalue weighted by Crippen LogP contribution is 2.20. The molecule has 0 saturated heterocycles. The molecule has 2 rings (SSSR count). The number of hydrogen-bond donors (Lipinski definition) is 1. The van der Waals surface area contributed by atoms with Crippen LogP contribution in [0.3, 0.4) is 0 Å². The van der Waals surface area contributed by atoms with Gasteiger partial charge < -0.3 is 5.32 Å². The lowest BCUT2D eigenvalue weighted by Gasteiger charge is -2.10. The zero-order chi connectivity index (χ0) is 13.1. The zero-order valence-electron chi connectivity index (χ0n) is 10.4. The first-order valence-corrected chi connectivity index (χ1v) is 6.20. The second-order valence-electron chi connectivity index (χ2n) is 4.37. The first-order chi connectivity index (χ1) is 8.58. The predicted octanol–water partition coefficient (Wildman–Crippen LogP) is 4.71. The molecule has 0 heterocycles. The van der Waals surface area contributed by atoms with Crippen LogP contribution in [0.5, 0.6) is 0 Å². The number of aryl methyl sites for hydroxylation is 2. The van der Waals surface area contributed by atoms with E-state index in [4.69, 9.17) is 11.6 Å². The molecule has 0 spiro atoms. The van der Waals surface area contributed by atoms with E-state index in [-0.39, 0.29) is 5.82 Å². The van der Waals surface area contributed by atoms with Crippen LogP contribution in [-0.4, -0.2) is 0 Å². The van der Waals surface area contributed by atoms with Crippen molar-refractivity contribution in [1.29, 1.82) is 0 Å². The topological polar surface area (TPSA) is 12.0 Å². The third-order valence-corrected chi connectivity index (χ3v) is 3.32. The Morgan fingerprint density at radius 1 is 1.11 bits per heavy atom. The number of rotatable bonds is 3. The third-order valence-electron chi connectivity index (χ3n) is 2.91. The summed E-state index contributed by atoms with van der Waals surface area (Å²) in [5.74, 6) is -0.198. The van der Waals surface area contributed by atoms with E-state index < -0.39 is 0 Å². The Bertz CT molecular complexity index is 566. The van der Waals surface area contributed by atoms with Crippen LogP contribution < -0.4 is 5.32 Å². The van der Waals surface area contributed by atoms with E-state index in [1.165, 1.54) is 0 Å². The minimum Gasteiger partial charge on any atom is -0.379 e. The fourth-order valence-corrected chi connectivity index (χ4v) is 1.93. The summed E-state index contributed by atoms with van der Waals surface area (Å²) >= 11 is 6.05. The molecule has 0 unspecified atom stereocenters. The summed E-state index contributed by atoms with van der Waals surface area (Å²) in [7, 11) is 0. The van der Waals surface area contributed by atoms with E-state index in [1.807, 2.05) is 31.2 Å². The highest BCUT2D eigenvalue weighted by atomic mass is 35.5. The molecule has 0 aromatic heterocycles. The highest BCUT2D eigenvalue weighted by Gasteiger charge is 2.04. The Balaban J connectivity index is 2.11. The van der Waals surface area contributed by atoms with Gasteiger partial charge in [0.15, 0.2) is 0 Å². The number of halogens is 2. The summed E-state index contributed by atoms with van der Waals surface area (Å²) in [6.45, 7) is 4.27. The Morgan fingerprint density at radius 3 is 2.61 bits per heavy atom. The Labute approximate surface area is 112 Å². The second kappa shape index (κ2) is 5.40. The van der Waals surface area contributed by atoms with Gasteiger partial charge in [0, 0.05) is 11.6 Å². The van der Waals surface area contributed by atoms with Crippen LogP contribution in [0.15, 0.2) is 36.4 Å². The van der Waals surface area contributed by atoms with Crippen molar-refractivity contribution in [2.45, 2.75) is 20.4 Å². The lowest BCUT2D eigenvalue weighted by Crippen LogP contribution is -2.02. The average Bonchev–Trinajstić information content (AvgIpc) is 2.35. The van der Waals surface area contributed by atoms with Crippen LogP contribution >= 0.6 is 11.6 Å². The normalized spacial score (nSPS) is 10.4. The second-order valence-corrected chi connectivity index (χ2v) is 4.78. The maximum atomic E-state index is 13.8. The molecule has 0 aliphatic rings. The maximum absolute atomic E-state index is 13.8. The SMILES string of the molecule is Cc1ccc(CNc2cccc(C)c2F)cc1Cl. The largest absolute Gasteiger partial charge is 0.379 e. The molecule has 3 heteroatoms. The number of anilines is 1. The van der Waals surface area contributed by atoms with Gasteiger partial charge in [0.1, 0.15) is 5.82 Å². The van der Waals surface area contributed by atoms with Gasteiger partial charge in [-0.1, -0.05) is 35.9 Å². The van der Waals surface area contributed by atoms with Crippen LogP contribution in [0.2, 0.25) is 5.02 Å². The van der Waals surface area contributed by atoms with Crippen LogP contribution in [-0.2, 0) is 6.54 Å². The monoisotopic (exact) mass is 263 g/mol. The van der Waals surface area contributed by atoms with Crippen molar-refractivity contribution in [3.8, 4) is 0 Å². The Hall–Kier alpha value is -1.54. The van der Waals surface area contributed by atoms with Crippen molar-refractivity contribution in [2.75, 3.05) is 5.32 Å². The fraction of sp³-hybridized carbons (Fsp3) is 0.200. The molecule has 2 aromatic carbocycles. The van der Waals surface area contributed by atoms with Gasteiger partial charge in [0.05, 0.1) is 5.69 Å². The van der Waals surface area contributed by atoms with E-state index in [0.29, 0.717) is 17.8 Å². The standard InChI is InChI=1S/C15H15ClFN/c1-10-6-7-12(8-13(10)16)9-18-14-5-3-4-11(2)15(14)17/h3-8,18H,9H2,1-2H3. The summed E-state index contributed by atoms with van der Waals surface area (Å²) in [6.07, 6.45) is 0. The van der Waals surface area contributed by atoms with Crippen molar-refractivity contribution in [3.63, 3.8) is 0 Å². The van der Waals surface area contributed by atoms with Crippen LogP contribution in [0.1, 0.15) is 16.7 Å². The lowest BCUT2D eigenvalue weighted by atomic mass is 10.1. The molecule has 1 N–H and O–H groups in total. The van der Waals surface area contributed by atoms with E-state index >= 15 is 0 Å². The molecule has 0 saturated carbocycles. The van der Waals surface area contributed by atoms with Gasteiger partial charge in [-0.2, -0.15) is 0 Å². The molecule has 0 amide bonds. The van der Waals surface area contributed by atoms with Crippen molar-refractivity contribution in [1.82, 2.24) is 0 Å². The minimum absolute atomic E-state index is 0.198. The average molecular weight is 264 g/mol. The first-order valence-electron chi connectivity index (χ1n) is 5.82. The summed E-state index contributed by atoms with van der Waals surface area (Å²) in [4.78, 5) is 0. The summed E-state index contributed by atoms with van der Waals surface area (Å²) in [5.41, 5.74) is 3.24. The van der Waals surface area contributed by atoms with Gasteiger partial charge in [-0.3, -0.25) is 0 Å². The summed E-state index contributed by atoms with van der Waals surface area (Å²) in [6, 6.07) is 11.2. The van der Waals surface area contributed by atoms with Gasteiger partial charge in [0.25, 0.3) is 0 Å². The van der Waals surface area contributed by atoms with E-state index in [0.717, 1.165) is 16.1 Å².